The summed E-state index contributed by atoms with van der Waals surface area (Å²) >= 11 is 0. The van der Waals surface area contributed by atoms with Crippen molar-refractivity contribution in [3.05, 3.63) is 35.4 Å². The molecule has 2 rings (SSSR count). The molecule has 1 saturated heterocycles. The van der Waals surface area contributed by atoms with Gasteiger partial charge >= 0.3 is 0 Å². The predicted octanol–water partition coefficient (Wildman–Crippen LogP) is 4.05. The molecular weight excluding hydrogens is 232 g/mol. The Hall–Kier alpha value is -0.960. The van der Waals surface area contributed by atoms with Gasteiger partial charge in [-0.25, -0.2) is 8.78 Å². The summed E-state index contributed by atoms with van der Waals surface area (Å²) in [6.07, 6.45) is 3.31. The molecule has 2 atom stereocenters. The maximum Gasteiger partial charge on any atom is 0.159 e. The molecule has 0 unspecified atom stereocenters. The average Bonchev–Trinajstić information content (AvgIpc) is 2.58. The van der Waals surface area contributed by atoms with Crippen LogP contribution in [0, 0.1) is 23.5 Å². The second-order valence-electron chi connectivity index (χ2n) is 5.55. The van der Waals surface area contributed by atoms with Crippen molar-refractivity contribution in [3.63, 3.8) is 0 Å². The van der Waals surface area contributed by atoms with Gasteiger partial charge in [-0.3, -0.25) is 0 Å². The third-order valence-electron chi connectivity index (χ3n) is 4.02. The first-order valence-corrected chi connectivity index (χ1v) is 6.76. The van der Waals surface area contributed by atoms with E-state index in [9.17, 15) is 8.78 Å². The molecule has 1 aliphatic heterocycles. The Morgan fingerprint density at radius 3 is 2.56 bits per heavy atom. The molecule has 0 radical (unpaired) electrons. The monoisotopic (exact) mass is 253 g/mol. The van der Waals surface area contributed by atoms with Crippen LogP contribution in [0.5, 0.6) is 0 Å². The number of hydrogen-bond donors (Lipinski definition) is 1. The first-order valence-electron chi connectivity index (χ1n) is 6.76. The van der Waals surface area contributed by atoms with E-state index in [-0.39, 0.29) is 6.04 Å². The summed E-state index contributed by atoms with van der Waals surface area (Å²) in [5.74, 6) is -0.102. The van der Waals surface area contributed by atoms with Crippen LogP contribution in [0.25, 0.3) is 0 Å². The zero-order valence-corrected chi connectivity index (χ0v) is 11.0. The fraction of sp³-hybridized carbons (Fsp3) is 0.600. The molecule has 1 aromatic carbocycles. The van der Waals surface area contributed by atoms with E-state index in [4.69, 9.17) is 0 Å². The largest absolute Gasteiger partial charge is 0.310 e. The third kappa shape index (κ3) is 3.08. The summed E-state index contributed by atoms with van der Waals surface area (Å²) in [5, 5.41) is 3.44. The van der Waals surface area contributed by atoms with E-state index in [1.807, 2.05) is 0 Å². The van der Waals surface area contributed by atoms with Crippen molar-refractivity contribution in [2.24, 2.45) is 11.8 Å². The van der Waals surface area contributed by atoms with E-state index in [1.54, 1.807) is 6.07 Å². The van der Waals surface area contributed by atoms with E-state index >= 15 is 0 Å². The van der Waals surface area contributed by atoms with Crippen LogP contribution in [0.4, 0.5) is 8.78 Å². The van der Waals surface area contributed by atoms with Crippen LogP contribution < -0.4 is 5.32 Å². The molecule has 3 heteroatoms. The summed E-state index contributed by atoms with van der Waals surface area (Å²) in [5.41, 5.74) is 0.860. The summed E-state index contributed by atoms with van der Waals surface area (Å²) in [6, 6.07) is 4.38. The fourth-order valence-corrected chi connectivity index (χ4v) is 2.75. The highest BCUT2D eigenvalue weighted by molar-refractivity contribution is 5.21. The molecule has 0 aliphatic carbocycles. The van der Waals surface area contributed by atoms with Crippen molar-refractivity contribution in [3.8, 4) is 0 Å². The lowest BCUT2D eigenvalue weighted by molar-refractivity contribution is 0.347. The smallest absolute Gasteiger partial charge is 0.159 e. The molecule has 1 aromatic rings. The molecule has 1 fully saturated rings. The SMILES string of the molecule is CC(C)[C@@H]1CCN[C@@H](c2ccc(F)c(F)c2)CC1. The first kappa shape index (κ1) is 13.5. The van der Waals surface area contributed by atoms with Crippen molar-refractivity contribution >= 4 is 0 Å². The van der Waals surface area contributed by atoms with Gasteiger partial charge in [-0.1, -0.05) is 19.9 Å². The number of nitrogens with one attached hydrogen (secondary N) is 1. The zero-order valence-electron chi connectivity index (χ0n) is 11.0. The molecule has 1 N–H and O–H groups in total. The Morgan fingerprint density at radius 2 is 1.89 bits per heavy atom. The van der Waals surface area contributed by atoms with E-state index < -0.39 is 11.6 Å². The minimum atomic E-state index is -0.771. The summed E-state index contributed by atoms with van der Waals surface area (Å²) in [7, 11) is 0. The van der Waals surface area contributed by atoms with Gasteiger partial charge in [0.25, 0.3) is 0 Å². The third-order valence-corrected chi connectivity index (χ3v) is 4.02. The minimum absolute atomic E-state index is 0.156. The molecule has 100 valence electrons. The number of halogens is 2. The predicted molar refractivity (Wildman–Crippen MR) is 69.3 cm³/mol. The van der Waals surface area contributed by atoms with Crippen molar-refractivity contribution < 1.29 is 8.78 Å². The second kappa shape index (κ2) is 5.79. The van der Waals surface area contributed by atoms with Crippen LogP contribution in [0.1, 0.15) is 44.7 Å². The van der Waals surface area contributed by atoms with E-state index in [0.29, 0.717) is 5.92 Å². The van der Waals surface area contributed by atoms with E-state index in [0.717, 1.165) is 37.3 Å². The Bertz CT molecular complexity index is 403. The van der Waals surface area contributed by atoms with Gasteiger partial charge in [0.05, 0.1) is 0 Å². The Balaban J connectivity index is 2.07. The summed E-state index contributed by atoms with van der Waals surface area (Å²) < 4.78 is 26.2. The number of benzene rings is 1. The van der Waals surface area contributed by atoms with Crippen LogP contribution >= 0.6 is 0 Å². The molecule has 0 bridgehead atoms. The molecule has 0 amide bonds. The van der Waals surface area contributed by atoms with Crippen LogP contribution in [0.3, 0.4) is 0 Å². The Kier molecular flexibility index (Phi) is 4.33. The lowest BCUT2D eigenvalue weighted by Gasteiger charge is -2.18. The fourth-order valence-electron chi connectivity index (χ4n) is 2.75. The van der Waals surface area contributed by atoms with Crippen molar-refractivity contribution in [2.75, 3.05) is 6.54 Å². The van der Waals surface area contributed by atoms with Gasteiger partial charge in [0.15, 0.2) is 11.6 Å². The Morgan fingerprint density at radius 1 is 1.11 bits per heavy atom. The standard InChI is InChI=1S/C15H21F2N/c1-10(2)11-4-6-15(18-8-7-11)12-3-5-13(16)14(17)9-12/h3,5,9-11,15,18H,4,6-8H2,1-2H3/t11-,15+/m0/s1. The van der Waals surface area contributed by atoms with Gasteiger partial charge < -0.3 is 5.32 Å². The molecular formula is C15H21F2N. The lowest BCUT2D eigenvalue weighted by Crippen LogP contribution is -2.20. The molecule has 1 nitrogen and oxygen atoms in total. The quantitative estimate of drug-likeness (QED) is 0.838. The topological polar surface area (TPSA) is 12.0 Å². The highest BCUT2D eigenvalue weighted by Crippen LogP contribution is 2.30. The second-order valence-corrected chi connectivity index (χ2v) is 5.55. The molecule has 0 aromatic heterocycles. The van der Waals surface area contributed by atoms with Crippen molar-refractivity contribution in [1.29, 1.82) is 0 Å². The van der Waals surface area contributed by atoms with Gasteiger partial charge in [0, 0.05) is 6.04 Å². The van der Waals surface area contributed by atoms with Crippen LogP contribution in [-0.4, -0.2) is 6.54 Å². The molecule has 1 heterocycles. The van der Waals surface area contributed by atoms with Gasteiger partial charge in [0.1, 0.15) is 0 Å². The maximum absolute atomic E-state index is 13.2. The van der Waals surface area contributed by atoms with Crippen LogP contribution in [0.2, 0.25) is 0 Å². The van der Waals surface area contributed by atoms with Crippen LogP contribution in [-0.2, 0) is 0 Å². The van der Waals surface area contributed by atoms with E-state index in [1.165, 1.54) is 12.1 Å². The zero-order chi connectivity index (χ0) is 13.1. The molecule has 0 saturated carbocycles. The average molecular weight is 253 g/mol. The van der Waals surface area contributed by atoms with Crippen molar-refractivity contribution in [1.82, 2.24) is 5.32 Å². The van der Waals surface area contributed by atoms with Gasteiger partial charge in [-0.05, 0) is 55.3 Å². The van der Waals surface area contributed by atoms with Gasteiger partial charge in [0.2, 0.25) is 0 Å². The highest BCUT2D eigenvalue weighted by Gasteiger charge is 2.22. The molecule has 1 aliphatic rings. The van der Waals surface area contributed by atoms with E-state index in [2.05, 4.69) is 19.2 Å². The minimum Gasteiger partial charge on any atom is -0.310 e. The summed E-state index contributed by atoms with van der Waals surface area (Å²) in [6.45, 7) is 5.46. The van der Waals surface area contributed by atoms with Crippen molar-refractivity contribution in [2.45, 2.75) is 39.2 Å². The summed E-state index contributed by atoms with van der Waals surface area (Å²) in [4.78, 5) is 0. The van der Waals surface area contributed by atoms with Crippen LogP contribution in [0.15, 0.2) is 18.2 Å². The Labute approximate surface area is 108 Å². The normalized spacial score (nSPS) is 25.2. The first-order chi connectivity index (χ1) is 8.58. The number of hydrogen-bond acceptors (Lipinski definition) is 1. The molecule has 18 heavy (non-hydrogen) atoms. The maximum atomic E-state index is 13.2. The van der Waals surface area contributed by atoms with Gasteiger partial charge in [-0.15, -0.1) is 0 Å². The highest BCUT2D eigenvalue weighted by atomic mass is 19.2. The number of rotatable bonds is 2. The molecule has 0 spiro atoms. The lowest BCUT2D eigenvalue weighted by atomic mass is 9.88. The van der Waals surface area contributed by atoms with Gasteiger partial charge in [-0.2, -0.15) is 0 Å².